The average Bonchev–Trinajstić information content (AvgIpc) is 2.53. The predicted octanol–water partition coefficient (Wildman–Crippen LogP) is 1.78. The Bertz CT molecular complexity index is 376. The molecular formula is C13H17NO2. The molecule has 0 saturated heterocycles. The third-order valence-electron chi connectivity index (χ3n) is 2.87. The normalized spacial score (nSPS) is 16.9. The second-order valence-corrected chi connectivity index (χ2v) is 4.41. The lowest BCUT2D eigenvalue weighted by Crippen LogP contribution is -2.45. The third-order valence-corrected chi connectivity index (χ3v) is 2.87. The zero-order valence-electron chi connectivity index (χ0n) is 9.53. The van der Waals surface area contributed by atoms with E-state index in [1.807, 2.05) is 31.2 Å². The first-order valence-corrected chi connectivity index (χ1v) is 5.70. The van der Waals surface area contributed by atoms with Crippen LogP contribution in [0.25, 0.3) is 0 Å². The van der Waals surface area contributed by atoms with Crippen molar-refractivity contribution in [1.29, 1.82) is 0 Å². The van der Waals surface area contributed by atoms with E-state index in [0.717, 1.165) is 6.42 Å². The van der Waals surface area contributed by atoms with E-state index in [2.05, 4.69) is 0 Å². The molecule has 1 aromatic carbocycles. The van der Waals surface area contributed by atoms with Crippen molar-refractivity contribution < 1.29 is 9.53 Å². The van der Waals surface area contributed by atoms with E-state index in [1.165, 1.54) is 11.1 Å². The minimum absolute atomic E-state index is 0.196. The molecule has 0 unspecified atom stereocenters. The summed E-state index contributed by atoms with van der Waals surface area (Å²) in [5.74, 6) is -0.196. The SMILES string of the molecule is CCCC(=O)OC1(N)Cc2ccccc2C1. The summed E-state index contributed by atoms with van der Waals surface area (Å²) in [5.41, 5.74) is 7.65. The van der Waals surface area contributed by atoms with E-state index in [-0.39, 0.29) is 5.97 Å². The van der Waals surface area contributed by atoms with Gasteiger partial charge in [-0.25, -0.2) is 0 Å². The van der Waals surface area contributed by atoms with Crippen LogP contribution in [0.4, 0.5) is 0 Å². The molecule has 1 aliphatic rings. The van der Waals surface area contributed by atoms with Crippen molar-refractivity contribution in [1.82, 2.24) is 0 Å². The molecule has 0 radical (unpaired) electrons. The fourth-order valence-electron chi connectivity index (χ4n) is 2.16. The second kappa shape index (κ2) is 4.26. The van der Waals surface area contributed by atoms with Crippen molar-refractivity contribution in [3.8, 4) is 0 Å². The number of benzene rings is 1. The number of nitrogens with two attached hydrogens (primary N) is 1. The number of esters is 1. The highest BCUT2D eigenvalue weighted by atomic mass is 16.6. The summed E-state index contributed by atoms with van der Waals surface area (Å²) in [4.78, 5) is 11.5. The molecule has 0 bridgehead atoms. The number of hydrogen-bond acceptors (Lipinski definition) is 3. The number of carbonyl (C=O) groups excluding carboxylic acids is 1. The van der Waals surface area contributed by atoms with Crippen LogP contribution in [0.3, 0.4) is 0 Å². The molecule has 0 saturated carbocycles. The Morgan fingerprint density at radius 1 is 1.38 bits per heavy atom. The van der Waals surface area contributed by atoms with Crippen LogP contribution < -0.4 is 5.73 Å². The molecule has 86 valence electrons. The zero-order valence-corrected chi connectivity index (χ0v) is 9.53. The second-order valence-electron chi connectivity index (χ2n) is 4.41. The number of carbonyl (C=O) groups is 1. The van der Waals surface area contributed by atoms with E-state index in [1.54, 1.807) is 0 Å². The summed E-state index contributed by atoms with van der Waals surface area (Å²) in [6, 6.07) is 8.05. The summed E-state index contributed by atoms with van der Waals surface area (Å²) < 4.78 is 5.36. The van der Waals surface area contributed by atoms with Gasteiger partial charge in [0.15, 0.2) is 5.72 Å². The third kappa shape index (κ3) is 2.25. The quantitative estimate of drug-likeness (QED) is 0.622. The minimum Gasteiger partial charge on any atom is -0.443 e. The van der Waals surface area contributed by atoms with Crippen LogP contribution in [0.15, 0.2) is 24.3 Å². The molecule has 0 fully saturated rings. The van der Waals surface area contributed by atoms with Crippen LogP contribution in [-0.2, 0) is 22.4 Å². The molecule has 16 heavy (non-hydrogen) atoms. The van der Waals surface area contributed by atoms with E-state index in [9.17, 15) is 4.79 Å². The van der Waals surface area contributed by atoms with Gasteiger partial charge in [0.25, 0.3) is 0 Å². The predicted molar refractivity (Wildman–Crippen MR) is 61.8 cm³/mol. The highest BCUT2D eigenvalue weighted by Crippen LogP contribution is 2.29. The number of rotatable bonds is 3. The molecule has 1 aromatic rings. The van der Waals surface area contributed by atoms with Crippen molar-refractivity contribution in [2.24, 2.45) is 5.73 Å². The average molecular weight is 219 g/mol. The zero-order chi connectivity index (χ0) is 11.6. The number of fused-ring (bicyclic) bond motifs is 1. The highest BCUT2D eigenvalue weighted by Gasteiger charge is 2.36. The van der Waals surface area contributed by atoms with Gasteiger partial charge in [0.05, 0.1) is 0 Å². The van der Waals surface area contributed by atoms with Gasteiger partial charge >= 0.3 is 5.97 Å². The Hall–Kier alpha value is -1.35. The van der Waals surface area contributed by atoms with Gasteiger partial charge < -0.3 is 4.74 Å². The Morgan fingerprint density at radius 3 is 2.44 bits per heavy atom. The smallest absolute Gasteiger partial charge is 0.307 e. The maximum absolute atomic E-state index is 11.5. The van der Waals surface area contributed by atoms with Gasteiger partial charge in [-0.05, 0) is 17.5 Å². The summed E-state index contributed by atoms with van der Waals surface area (Å²) in [7, 11) is 0. The monoisotopic (exact) mass is 219 g/mol. The van der Waals surface area contributed by atoms with Gasteiger partial charge in [-0.3, -0.25) is 10.5 Å². The molecule has 0 aliphatic heterocycles. The summed E-state index contributed by atoms with van der Waals surface area (Å²) in [6.07, 6.45) is 2.48. The molecule has 0 amide bonds. The lowest BCUT2D eigenvalue weighted by molar-refractivity contribution is -0.158. The maximum Gasteiger partial charge on any atom is 0.307 e. The van der Waals surface area contributed by atoms with Crippen LogP contribution in [0, 0.1) is 0 Å². The Kier molecular flexibility index (Phi) is 2.97. The summed E-state index contributed by atoms with van der Waals surface area (Å²) in [6.45, 7) is 1.95. The lowest BCUT2D eigenvalue weighted by atomic mass is 10.1. The molecule has 2 N–H and O–H groups in total. The van der Waals surface area contributed by atoms with Gasteiger partial charge in [-0.15, -0.1) is 0 Å². The highest BCUT2D eigenvalue weighted by molar-refractivity contribution is 5.70. The minimum atomic E-state index is -0.823. The first-order valence-electron chi connectivity index (χ1n) is 5.70. The van der Waals surface area contributed by atoms with E-state index in [4.69, 9.17) is 10.5 Å². The molecule has 0 aromatic heterocycles. The molecule has 2 rings (SSSR count). The Balaban J connectivity index is 2.06. The van der Waals surface area contributed by atoms with Crippen LogP contribution in [-0.4, -0.2) is 11.7 Å². The molecule has 1 aliphatic carbocycles. The van der Waals surface area contributed by atoms with Gasteiger partial charge in [-0.1, -0.05) is 31.2 Å². The van der Waals surface area contributed by atoms with Crippen molar-refractivity contribution in [2.75, 3.05) is 0 Å². The van der Waals surface area contributed by atoms with E-state index in [0.29, 0.717) is 19.3 Å². The van der Waals surface area contributed by atoms with E-state index < -0.39 is 5.72 Å². The van der Waals surface area contributed by atoms with Crippen molar-refractivity contribution in [2.45, 2.75) is 38.3 Å². The Morgan fingerprint density at radius 2 is 1.94 bits per heavy atom. The van der Waals surface area contributed by atoms with Crippen molar-refractivity contribution >= 4 is 5.97 Å². The molecule has 0 spiro atoms. The van der Waals surface area contributed by atoms with Gasteiger partial charge in [0.2, 0.25) is 0 Å². The number of hydrogen-bond donors (Lipinski definition) is 1. The van der Waals surface area contributed by atoms with Crippen molar-refractivity contribution in [3.05, 3.63) is 35.4 Å². The standard InChI is InChI=1S/C13H17NO2/c1-2-5-12(15)16-13(14)8-10-6-3-4-7-11(10)9-13/h3-4,6-7H,2,5,8-9,14H2,1H3. The topological polar surface area (TPSA) is 52.3 Å². The van der Waals surface area contributed by atoms with Gasteiger partial charge in [0.1, 0.15) is 0 Å². The lowest BCUT2D eigenvalue weighted by Gasteiger charge is -2.23. The van der Waals surface area contributed by atoms with Crippen LogP contribution in [0.5, 0.6) is 0 Å². The van der Waals surface area contributed by atoms with Crippen molar-refractivity contribution in [3.63, 3.8) is 0 Å². The number of ether oxygens (including phenoxy) is 1. The molecule has 3 nitrogen and oxygen atoms in total. The first kappa shape index (κ1) is 11.1. The van der Waals surface area contributed by atoms with Gasteiger partial charge in [0, 0.05) is 19.3 Å². The molecular weight excluding hydrogens is 202 g/mol. The van der Waals surface area contributed by atoms with Crippen LogP contribution >= 0.6 is 0 Å². The Labute approximate surface area is 95.6 Å². The molecule has 0 heterocycles. The summed E-state index contributed by atoms with van der Waals surface area (Å²) >= 11 is 0. The summed E-state index contributed by atoms with van der Waals surface area (Å²) in [5, 5.41) is 0. The molecule has 0 atom stereocenters. The fraction of sp³-hybridized carbons (Fsp3) is 0.462. The van der Waals surface area contributed by atoms with Crippen LogP contribution in [0.1, 0.15) is 30.9 Å². The fourth-order valence-corrected chi connectivity index (χ4v) is 2.16. The maximum atomic E-state index is 11.5. The van der Waals surface area contributed by atoms with E-state index >= 15 is 0 Å². The van der Waals surface area contributed by atoms with Gasteiger partial charge in [-0.2, -0.15) is 0 Å². The first-order chi connectivity index (χ1) is 7.63. The molecule has 3 heteroatoms. The van der Waals surface area contributed by atoms with Crippen LogP contribution in [0.2, 0.25) is 0 Å². The largest absolute Gasteiger partial charge is 0.443 e.